The Labute approximate surface area is 199 Å². The number of aryl methyl sites for hydroxylation is 2. The Morgan fingerprint density at radius 3 is 2.50 bits per heavy atom. The highest BCUT2D eigenvalue weighted by molar-refractivity contribution is 7.20. The maximum absolute atomic E-state index is 6.39. The van der Waals surface area contributed by atoms with Crippen molar-refractivity contribution in [1.29, 1.82) is 0 Å². The Morgan fingerprint density at radius 1 is 1.06 bits per heavy atom. The van der Waals surface area contributed by atoms with Gasteiger partial charge in [0.2, 0.25) is 0 Å². The van der Waals surface area contributed by atoms with E-state index in [1.807, 2.05) is 11.7 Å². The van der Waals surface area contributed by atoms with Crippen molar-refractivity contribution >= 4 is 44.9 Å². The Kier molecular flexibility index (Phi) is 5.76. The Bertz CT molecular complexity index is 1270. The lowest BCUT2D eigenvalue weighted by Crippen LogP contribution is -2.60. The SMILES string of the molecule is Cc1cc(-c2ccc3nc(OC4CC(C)(C)NC(C)(C)C4)sc3c2)cc2cn(C)nc12.Cl. The summed E-state index contributed by atoms with van der Waals surface area (Å²) in [6.07, 6.45) is 4.19. The predicted molar refractivity (Wildman–Crippen MR) is 136 cm³/mol. The highest BCUT2D eigenvalue weighted by Crippen LogP contribution is 2.36. The zero-order chi connectivity index (χ0) is 22.0. The summed E-state index contributed by atoms with van der Waals surface area (Å²) in [5.41, 5.74) is 5.76. The second-order valence-corrected chi connectivity index (χ2v) is 11.2. The molecule has 4 aromatic rings. The van der Waals surface area contributed by atoms with Crippen LogP contribution in [0.4, 0.5) is 0 Å². The van der Waals surface area contributed by atoms with Gasteiger partial charge in [-0.15, -0.1) is 12.4 Å². The molecule has 5 nitrogen and oxygen atoms in total. The Morgan fingerprint density at radius 2 is 1.78 bits per heavy atom. The van der Waals surface area contributed by atoms with Crippen molar-refractivity contribution in [2.75, 3.05) is 0 Å². The van der Waals surface area contributed by atoms with Gasteiger partial charge in [-0.2, -0.15) is 5.10 Å². The molecular formula is C25H31ClN4OS. The van der Waals surface area contributed by atoms with E-state index in [4.69, 9.17) is 9.72 Å². The Balaban J connectivity index is 0.00000245. The molecule has 3 heterocycles. The summed E-state index contributed by atoms with van der Waals surface area (Å²) >= 11 is 1.64. The van der Waals surface area contributed by atoms with Crippen molar-refractivity contribution < 1.29 is 4.74 Å². The van der Waals surface area contributed by atoms with Gasteiger partial charge in [-0.05, 0) is 75.6 Å². The smallest absolute Gasteiger partial charge is 0.274 e. The molecule has 1 aliphatic rings. The Hall–Kier alpha value is -2.15. The molecule has 1 fully saturated rings. The first-order valence-corrected chi connectivity index (χ1v) is 11.7. The number of nitrogens with one attached hydrogen (secondary N) is 1. The van der Waals surface area contributed by atoms with Gasteiger partial charge in [0, 0.05) is 42.6 Å². The van der Waals surface area contributed by atoms with Crippen LogP contribution in [0.5, 0.6) is 5.19 Å². The highest BCUT2D eigenvalue weighted by atomic mass is 35.5. The number of piperidine rings is 1. The summed E-state index contributed by atoms with van der Waals surface area (Å²) < 4.78 is 9.43. The van der Waals surface area contributed by atoms with E-state index in [1.54, 1.807) is 11.3 Å². The monoisotopic (exact) mass is 470 g/mol. The molecule has 0 atom stereocenters. The number of halogens is 1. The molecule has 2 aromatic carbocycles. The van der Waals surface area contributed by atoms with Crippen LogP contribution in [0.1, 0.15) is 46.1 Å². The average Bonchev–Trinajstić information content (AvgIpc) is 3.20. The molecular weight excluding hydrogens is 440 g/mol. The second-order valence-electron chi connectivity index (χ2n) is 10.2. The van der Waals surface area contributed by atoms with Crippen LogP contribution < -0.4 is 10.1 Å². The van der Waals surface area contributed by atoms with E-state index >= 15 is 0 Å². The van der Waals surface area contributed by atoms with Crippen molar-refractivity contribution in [1.82, 2.24) is 20.1 Å². The number of fused-ring (bicyclic) bond motifs is 2. The van der Waals surface area contributed by atoms with Crippen molar-refractivity contribution in [3.8, 4) is 16.3 Å². The summed E-state index contributed by atoms with van der Waals surface area (Å²) in [7, 11) is 1.97. The molecule has 0 bridgehead atoms. The standard InChI is InChI=1S/C25H30N4OS.ClH/c1-15-9-17(10-18-14-29(6)27-22(15)18)16-7-8-20-21(11-16)31-23(26-20)30-19-12-24(2,3)28-25(4,5)13-19;/h7-11,14,19,28H,12-13H2,1-6H3;1H. The van der Waals surface area contributed by atoms with Crippen LogP contribution >= 0.6 is 23.7 Å². The molecule has 2 aromatic heterocycles. The van der Waals surface area contributed by atoms with Crippen molar-refractivity contribution in [3.63, 3.8) is 0 Å². The topological polar surface area (TPSA) is 52.0 Å². The van der Waals surface area contributed by atoms with E-state index in [1.165, 1.54) is 22.1 Å². The molecule has 0 unspecified atom stereocenters. The van der Waals surface area contributed by atoms with Crippen molar-refractivity contribution in [2.24, 2.45) is 7.05 Å². The quantitative estimate of drug-likeness (QED) is 0.383. The van der Waals surface area contributed by atoms with E-state index in [0.717, 1.165) is 33.8 Å². The summed E-state index contributed by atoms with van der Waals surface area (Å²) in [4.78, 5) is 4.77. The molecule has 32 heavy (non-hydrogen) atoms. The molecule has 1 N–H and O–H groups in total. The van der Waals surface area contributed by atoms with Gasteiger partial charge in [-0.25, -0.2) is 4.98 Å². The molecule has 170 valence electrons. The molecule has 7 heteroatoms. The minimum atomic E-state index is 0. The van der Waals surface area contributed by atoms with Gasteiger partial charge in [0.25, 0.3) is 5.19 Å². The van der Waals surface area contributed by atoms with Crippen LogP contribution in [0.15, 0.2) is 36.5 Å². The number of nitrogens with zero attached hydrogens (tertiary/aromatic N) is 3. The summed E-state index contributed by atoms with van der Waals surface area (Å²) in [6, 6.07) is 10.9. The first-order valence-electron chi connectivity index (χ1n) is 10.9. The van der Waals surface area contributed by atoms with E-state index in [2.05, 4.69) is 81.6 Å². The zero-order valence-corrected chi connectivity index (χ0v) is 21.2. The third-order valence-electron chi connectivity index (χ3n) is 6.04. The number of hydrogen-bond donors (Lipinski definition) is 1. The normalized spacial score (nSPS) is 18.1. The molecule has 0 amide bonds. The minimum absolute atomic E-state index is 0. The maximum Gasteiger partial charge on any atom is 0.274 e. The van der Waals surface area contributed by atoms with E-state index in [-0.39, 0.29) is 29.6 Å². The van der Waals surface area contributed by atoms with Crippen LogP contribution in [0.25, 0.3) is 32.2 Å². The van der Waals surface area contributed by atoms with Gasteiger partial charge in [0.05, 0.1) is 15.7 Å². The second kappa shape index (κ2) is 8.01. The zero-order valence-electron chi connectivity index (χ0n) is 19.5. The van der Waals surface area contributed by atoms with Crippen LogP contribution in [0.2, 0.25) is 0 Å². The third kappa shape index (κ3) is 4.49. The fourth-order valence-corrected chi connectivity index (χ4v) is 6.10. The van der Waals surface area contributed by atoms with E-state index in [0.29, 0.717) is 0 Å². The molecule has 0 aliphatic carbocycles. The fraction of sp³-hybridized carbons (Fsp3) is 0.440. The largest absolute Gasteiger partial charge is 0.467 e. The predicted octanol–water partition coefficient (Wildman–Crippen LogP) is 6.27. The van der Waals surface area contributed by atoms with Gasteiger partial charge >= 0.3 is 0 Å². The molecule has 0 saturated carbocycles. The summed E-state index contributed by atoms with van der Waals surface area (Å²) in [6.45, 7) is 11.1. The summed E-state index contributed by atoms with van der Waals surface area (Å²) in [5, 5.41) is 10.2. The van der Waals surface area contributed by atoms with Crippen molar-refractivity contribution in [3.05, 3.63) is 42.1 Å². The highest BCUT2D eigenvalue weighted by Gasteiger charge is 2.39. The van der Waals surface area contributed by atoms with Gasteiger partial charge in [0.15, 0.2) is 0 Å². The van der Waals surface area contributed by atoms with Gasteiger partial charge < -0.3 is 10.1 Å². The number of hydrogen-bond acceptors (Lipinski definition) is 5. The lowest BCUT2D eigenvalue weighted by molar-refractivity contribution is 0.0559. The molecule has 0 radical (unpaired) electrons. The van der Waals surface area contributed by atoms with Crippen LogP contribution in [-0.2, 0) is 7.05 Å². The summed E-state index contributed by atoms with van der Waals surface area (Å²) in [5.74, 6) is 0. The molecule has 5 rings (SSSR count). The van der Waals surface area contributed by atoms with Crippen molar-refractivity contribution in [2.45, 2.75) is 64.6 Å². The lowest BCUT2D eigenvalue weighted by Gasteiger charge is -2.45. The van der Waals surface area contributed by atoms with Gasteiger partial charge in [-0.3, -0.25) is 4.68 Å². The maximum atomic E-state index is 6.39. The fourth-order valence-electron chi connectivity index (χ4n) is 5.18. The van der Waals surface area contributed by atoms with Crippen LogP contribution in [0, 0.1) is 6.92 Å². The molecule has 1 aliphatic heterocycles. The lowest BCUT2D eigenvalue weighted by atomic mass is 9.81. The van der Waals surface area contributed by atoms with E-state index in [9.17, 15) is 0 Å². The van der Waals surface area contributed by atoms with Gasteiger partial charge in [0.1, 0.15) is 6.10 Å². The molecule has 1 saturated heterocycles. The third-order valence-corrected chi connectivity index (χ3v) is 6.95. The number of ether oxygens (including phenoxy) is 1. The minimum Gasteiger partial charge on any atom is -0.467 e. The molecule has 0 spiro atoms. The first-order chi connectivity index (χ1) is 14.6. The van der Waals surface area contributed by atoms with Crippen LogP contribution in [-0.4, -0.2) is 31.9 Å². The van der Waals surface area contributed by atoms with Gasteiger partial charge in [-0.1, -0.05) is 17.4 Å². The van der Waals surface area contributed by atoms with E-state index < -0.39 is 0 Å². The number of thiazole rings is 1. The average molecular weight is 471 g/mol. The van der Waals surface area contributed by atoms with Crippen LogP contribution in [0.3, 0.4) is 0 Å². The number of benzene rings is 2. The number of rotatable bonds is 3. The number of aromatic nitrogens is 3. The first kappa shape index (κ1) is 23.0.